The van der Waals surface area contributed by atoms with Gasteiger partial charge in [0, 0.05) is 25.0 Å². The molecule has 0 atom stereocenters. The molecule has 0 aromatic carbocycles. The van der Waals surface area contributed by atoms with Crippen molar-refractivity contribution in [3.63, 3.8) is 0 Å². The first-order valence-electron chi connectivity index (χ1n) is 8.13. The summed E-state index contributed by atoms with van der Waals surface area (Å²) in [5, 5.41) is 47.7. The number of carboxylic acids is 2. The number of hydrogen-bond acceptors (Lipinski definition) is 10. The number of unbranched alkanes of at least 4 members (excludes halogenated alkanes) is 1. The van der Waals surface area contributed by atoms with Crippen LogP contribution in [-0.4, -0.2) is 94.2 Å². The lowest BCUT2D eigenvalue weighted by molar-refractivity contribution is -0.150. The molecule has 0 unspecified atom stereocenters. The predicted octanol–water partition coefficient (Wildman–Crippen LogP) is -1.70. The van der Waals surface area contributed by atoms with Crippen molar-refractivity contribution < 1.29 is 59.3 Å². The number of rotatable bonds is 10. The van der Waals surface area contributed by atoms with Crippen molar-refractivity contribution in [2.45, 2.75) is 25.7 Å². The van der Waals surface area contributed by atoms with Crippen LogP contribution in [0, 0.1) is 0 Å². The van der Waals surface area contributed by atoms with Crippen LogP contribution in [-0.2, 0) is 28.7 Å². The molecule has 0 radical (unpaired) electrons. The minimum atomic E-state index is -0.870. The number of aliphatic hydroxyl groups is 4. The van der Waals surface area contributed by atoms with Gasteiger partial charge in [-0.1, -0.05) is 0 Å². The quantitative estimate of drug-likeness (QED) is 0.135. The highest BCUT2D eigenvalue weighted by atomic mass is 16.6. The zero-order valence-corrected chi connectivity index (χ0v) is 15.4. The van der Waals surface area contributed by atoms with E-state index < -0.39 is 23.9 Å². The minimum absolute atomic E-state index is 0.0278. The van der Waals surface area contributed by atoms with Gasteiger partial charge in [-0.15, -0.1) is 0 Å². The van der Waals surface area contributed by atoms with E-state index in [1.165, 1.54) is 0 Å². The second-order valence-electron chi connectivity index (χ2n) is 4.57. The Balaban J connectivity index is -0.000000311. The molecule has 164 valence electrons. The van der Waals surface area contributed by atoms with Gasteiger partial charge >= 0.3 is 23.9 Å². The normalized spacial score (nSPS) is 11.1. The van der Waals surface area contributed by atoms with Crippen LogP contribution in [0.1, 0.15) is 25.7 Å². The maximum Gasteiger partial charge on any atom is 0.338 e. The van der Waals surface area contributed by atoms with E-state index in [-0.39, 0.29) is 39.3 Å². The number of carbonyl (C=O) groups is 4. The van der Waals surface area contributed by atoms with Crippen molar-refractivity contribution in [1.82, 2.24) is 0 Å². The maximum absolute atomic E-state index is 9.92. The molecule has 0 aromatic rings. The summed E-state index contributed by atoms with van der Waals surface area (Å²) in [6, 6.07) is 0. The van der Waals surface area contributed by atoms with Crippen LogP contribution in [0.5, 0.6) is 0 Å². The lowest BCUT2D eigenvalue weighted by atomic mass is 10.2. The van der Waals surface area contributed by atoms with Gasteiger partial charge in [-0.05, 0) is 12.8 Å². The van der Waals surface area contributed by atoms with E-state index in [0.717, 1.165) is 12.2 Å². The molecule has 0 amide bonds. The molecule has 0 saturated carbocycles. The van der Waals surface area contributed by atoms with Crippen LogP contribution in [0.2, 0.25) is 0 Å². The van der Waals surface area contributed by atoms with Crippen LogP contribution in [0.3, 0.4) is 0 Å². The van der Waals surface area contributed by atoms with Gasteiger partial charge in [0.2, 0.25) is 0 Å². The Kier molecular flexibility index (Phi) is 26.7. The van der Waals surface area contributed by atoms with Gasteiger partial charge in [-0.2, -0.15) is 0 Å². The smallest absolute Gasteiger partial charge is 0.338 e. The van der Waals surface area contributed by atoms with Gasteiger partial charge in [0.1, 0.15) is 0 Å². The summed E-state index contributed by atoms with van der Waals surface area (Å²) in [5.41, 5.74) is 0. The lowest BCUT2D eigenvalue weighted by Crippen LogP contribution is -2.03. The molecule has 12 nitrogen and oxygen atoms in total. The largest absolute Gasteiger partial charge is 0.481 e. The van der Waals surface area contributed by atoms with Crippen LogP contribution in [0.15, 0.2) is 12.2 Å². The van der Waals surface area contributed by atoms with Crippen molar-refractivity contribution in [1.29, 1.82) is 0 Å². The zero-order valence-electron chi connectivity index (χ0n) is 15.4. The van der Waals surface area contributed by atoms with Crippen LogP contribution in [0.25, 0.3) is 0 Å². The third kappa shape index (κ3) is 34.9. The molecular weight excluding hydrogens is 384 g/mol. The lowest BCUT2D eigenvalue weighted by Gasteiger charge is -1.94. The number of carbonyl (C=O) groups excluding carboxylic acids is 2. The monoisotopic (exact) mass is 412 g/mol. The van der Waals surface area contributed by atoms with Gasteiger partial charge in [0.05, 0.1) is 39.6 Å². The molecule has 0 aromatic heterocycles. The zero-order chi connectivity index (χ0) is 22.2. The van der Waals surface area contributed by atoms with E-state index in [1.807, 2.05) is 0 Å². The summed E-state index contributed by atoms with van der Waals surface area (Å²) in [7, 11) is 0. The maximum atomic E-state index is 9.92. The van der Waals surface area contributed by atoms with Crippen LogP contribution in [0.4, 0.5) is 0 Å². The average molecular weight is 412 g/mol. The Morgan fingerprint density at radius 2 is 1.11 bits per heavy atom. The Labute approximate surface area is 161 Å². The number of ether oxygens (including phenoxy) is 2. The Morgan fingerprint density at radius 1 is 0.750 bits per heavy atom. The topological polar surface area (TPSA) is 208 Å². The Hall–Kier alpha value is -2.38. The molecule has 0 spiro atoms. The van der Waals surface area contributed by atoms with E-state index in [2.05, 4.69) is 9.47 Å². The van der Waals surface area contributed by atoms with Gasteiger partial charge in [-0.3, -0.25) is 9.59 Å². The average Bonchev–Trinajstić information content (AvgIpc) is 3.03. The van der Waals surface area contributed by atoms with Gasteiger partial charge in [0.15, 0.2) is 0 Å². The van der Waals surface area contributed by atoms with Crippen LogP contribution < -0.4 is 0 Å². The molecule has 1 aliphatic rings. The second kappa shape index (κ2) is 24.6. The summed E-state index contributed by atoms with van der Waals surface area (Å²) >= 11 is 0. The van der Waals surface area contributed by atoms with Crippen molar-refractivity contribution in [3.05, 3.63) is 12.2 Å². The molecule has 0 aliphatic carbocycles. The first kappa shape index (κ1) is 30.4. The summed E-state index contributed by atoms with van der Waals surface area (Å²) in [6.45, 7) is 0.446. The van der Waals surface area contributed by atoms with E-state index in [9.17, 15) is 19.2 Å². The van der Waals surface area contributed by atoms with Gasteiger partial charge < -0.3 is 40.1 Å². The van der Waals surface area contributed by atoms with Crippen molar-refractivity contribution in [2.75, 3.05) is 39.6 Å². The molecule has 6 N–H and O–H groups in total. The summed E-state index contributed by atoms with van der Waals surface area (Å²) in [6.07, 6.45) is 3.19. The highest BCUT2D eigenvalue weighted by Crippen LogP contribution is 1.98. The molecule has 1 aliphatic heterocycles. The van der Waals surface area contributed by atoms with Gasteiger partial charge in [-0.25, -0.2) is 9.59 Å². The fourth-order valence-corrected chi connectivity index (χ4v) is 1.09. The van der Waals surface area contributed by atoms with Crippen molar-refractivity contribution >= 4 is 23.9 Å². The number of cyclic esters (lactones) is 2. The molecular formula is C16H28O12. The van der Waals surface area contributed by atoms with Crippen LogP contribution >= 0.6 is 0 Å². The summed E-state index contributed by atoms with van der Waals surface area (Å²) < 4.78 is 8.60. The SMILES string of the molecule is O=C(O)CCCCC(=O)O.O=C1C=CC(=O)O1.OCCO.OCCOCCO. The molecule has 0 bridgehead atoms. The molecule has 1 heterocycles. The van der Waals surface area contributed by atoms with Crippen molar-refractivity contribution in [3.8, 4) is 0 Å². The Bertz CT molecular complexity index is 409. The third-order valence-corrected chi connectivity index (χ3v) is 2.16. The van der Waals surface area contributed by atoms with E-state index >= 15 is 0 Å². The fourth-order valence-electron chi connectivity index (χ4n) is 1.09. The number of aliphatic hydroxyl groups excluding tert-OH is 4. The number of hydrogen-bond donors (Lipinski definition) is 6. The first-order chi connectivity index (χ1) is 13.2. The fraction of sp³-hybridized carbons (Fsp3) is 0.625. The third-order valence-electron chi connectivity index (χ3n) is 2.16. The summed E-state index contributed by atoms with van der Waals surface area (Å²) in [5.74, 6) is -2.90. The highest BCUT2D eigenvalue weighted by molar-refractivity contribution is 6.04. The minimum Gasteiger partial charge on any atom is -0.481 e. The number of aliphatic carboxylic acids is 2. The number of esters is 2. The molecule has 0 fully saturated rings. The summed E-state index contributed by atoms with van der Waals surface area (Å²) in [4.78, 5) is 39.6. The van der Waals surface area contributed by atoms with Crippen molar-refractivity contribution in [2.24, 2.45) is 0 Å². The standard InChI is InChI=1S/C6H10O4.C4H2O3.C4H10O3.C2H6O2/c7-5(8)3-1-2-4-6(9)10;5-3-1-2-4(6)7-3;5-1-3-7-4-2-6;3-1-2-4/h1-4H2,(H,7,8)(H,9,10);1-2H;5-6H,1-4H2;3-4H,1-2H2. The Morgan fingerprint density at radius 3 is 1.29 bits per heavy atom. The molecule has 0 saturated heterocycles. The number of carboxylic acid groups (broad SMARTS) is 2. The van der Waals surface area contributed by atoms with Gasteiger partial charge in [0.25, 0.3) is 0 Å². The highest BCUT2D eigenvalue weighted by Gasteiger charge is 2.10. The second-order valence-corrected chi connectivity index (χ2v) is 4.57. The molecule has 28 heavy (non-hydrogen) atoms. The van der Waals surface area contributed by atoms with E-state index in [4.69, 9.17) is 30.6 Å². The molecule has 1 rings (SSSR count). The predicted molar refractivity (Wildman–Crippen MR) is 93.1 cm³/mol. The first-order valence-corrected chi connectivity index (χ1v) is 8.13. The van der Waals surface area contributed by atoms with E-state index in [1.54, 1.807) is 0 Å². The molecule has 12 heteroatoms. The van der Waals surface area contributed by atoms with E-state index in [0.29, 0.717) is 26.1 Å².